The van der Waals surface area contributed by atoms with Crippen molar-refractivity contribution >= 4 is 34.5 Å². The van der Waals surface area contributed by atoms with Gasteiger partial charge in [-0.2, -0.15) is 0 Å². The molecule has 120 valence electrons. The molecule has 23 heavy (non-hydrogen) atoms. The van der Waals surface area contributed by atoms with Gasteiger partial charge in [-0.25, -0.2) is 0 Å². The molecule has 2 aromatic carbocycles. The minimum absolute atomic E-state index is 0.193. The molecule has 3 N–H and O–H groups in total. The summed E-state index contributed by atoms with van der Waals surface area (Å²) in [4.78, 5) is 4.16. The summed E-state index contributed by atoms with van der Waals surface area (Å²) in [5.41, 5.74) is 9.54. The Morgan fingerprint density at radius 2 is 1.74 bits per heavy atom. The summed E-state index contributed by atoms with van der Waals surface area (Å²) in [6.07, 6.45) is -0.231. The fourth-order valence-electron chi connectivity index (χ4n) is 3.08. The molecule has 3 rings (SSSR count). The third-order valence-corrected chi connectivity index (χ3v) is 4.54. The Morgan fingerprint density at radius 1 is 1.13 bits per heavy atom. The van der Waals surface area contributed by atoms with Crippen molar-refractivity contribution in [3.8, 4) is 0 Å². The number of nitrogens with one attached hydrogen (secondary N) is 1. The molecule has 4 nitrogen and oxygen atoms in total. The van der Waals surface area contributed by atoms with Crippen LogP contribution in [0.4, 0.5) is 17.1 Å². The van der Waals surface area contributed by atoms with E-state index in [-0.39, 0.29) is 12.1 Å². The van der Waals surface area contributed by atoms with Crippen molar-refractivity contribution in [2.45, 2.75) is 20.0 Å². The molecule has 5 heteroatoms. The largest absolute Gasteiger partial charge is 0.339 e. The average molecular weight is 329 g/mol. The lowest BCUT2D eigenvalue weighted by Crippen LogP contribution is -2.49. The van der Waals surface area contributed by atoms with Gasteiger partial charge < -0.3 is 15.5 Å². The van der Waals surface area contributed by atoms with Gasteiger partial charge in [0.1, 0.15) is 0 Å². The molecule has 0 radical (unpaired) electrons. The van der Waals surface area contributed by atoms with Crippen molar-refractivity contribution in [3.63, 3.8) is 0 Å². The Bertz CT molecular complexity index is 713. The van der Waals surface area contributed by atoms with E-state index in [4.69, 9.17) is 22.7 Å². The lowest BCUT2D eigenvalue weighted by atomic mass is 10.1. The number of halogens is 1. The molecule has 2 unspecified atom stereocenters. The molecule has 0 aromatic heterocycles. The average Bonchev–Trinajstić information content (AvgIpc) is 2.64. The van der Waals surface area contributed by atoms with Crippen molar-refractivity contribution in [2.75, 3.05) is 16.3 Å². The number of amidine groups is 1. The highest BCUT2D eigenvalue weighted by Gasteiger charge is 2.31. The van der Waals surface area contributed by atoms with Crippen molar-refractivity contribution < 1.29 is 0 Å². The van der Waals surface area contributed by atoms with Crippen LogP contribution >= 0.6 is 11.6 Å². The quantitative estimate of drug-likeness (QED) is 0.609. The van der Waals surface area contributed by atoms with Gasteiger partial charge in [0.15, 0.2) is 0 Å². The van der Waals surface area contributed by atoms with Crippen LogP contribution in [0.15, 0.2) is 48.5 Å². The number of fused-ring (bicyclic) bond motifs is 1. The summed E-state index contributed by atoms with van der Waals surface area (Å²) in [6.45, 7) is 4.68. The van der Waals surface area contributed by atoms with Crippen molar-refractivity contribution in [1.29, 1.82) is 5.41 Å². The third-order valence-electron chi connectivity index (χ3n) is 4.28. The monoisotopic (exact) mass is 328 g/mol. The Hall–Kier alpha value is -2.04. The molecule has 1 aliphatic heterocycles. The number of benzene rings is 2. The SMILES string of the molecule is CC(=N)N1c2ccccc2N(c2ccc(Cl)cc2)CC(C)C1N. The minimum atomic E-state index is -0.231. The summed E-state index contributed by atoms with van der Waals surface area (Å²) in [6, 6.07) is 15.9. The van der Waals surface area contributed by atoms with E-state index in [9.17, 15) is 0 Å². The predicted molar refractivity (Wildman–Crippen MR) is 97.9 cm³/mol. The molecular formula is C18H21ClN4. The zero-order valence-corrected chi connectivity index (χ0v) is 14.1. The summed E-state index contributed by atoms with van der Waals surface area (Å²) in [5.74, 6) is 0.646. The van der Waals surface area contributed by atoms with E-state index < -0.39 is 0 Å². The lowest BCUT2D eigenvalue weighted by Gasteiger charge is -2.31. The third kappa shape index (κ3) is 2.92. The zero-order chi connectivity index (χ0) is 16.6. The van der Waals surface area contributed by atoms with E-state index in [1.54, 1.807) is 6.92 Å². The molecule has 0 fully saturated rings. The highest BCUT2D eigenvalue weighted by Crippen LogP contribution is 2.39. The number of hydrogen-bond acceptors (Lipinski definition) is 3. The lowest BCUT2D eigenvalue weighted by molar-refractivity contribution is 0.480. The fourth-order valence-corrected chi connectivity index (χ4v) is 3.20. The van der Waals surface area contributed by atoms with Crippen LogP contribution in [0.1, 0.15) is 13.8 Å². The molecule has 0 saturated heterocycles. The van der Waals surface area contributed by atoms with Gasteiger partial charge in [-0.3, -0.25) is 5.41 Å². The first-order valence-electron chi connectivity index (χ1n) is 7.71. The number of nitrogens with zero attached hydrogens (tertiary/aromatic N) is 2. The molecule has 1 aliphatic rings. The Kier molecular flexibility index (Phi) is 4.28. The van der Waals surface area contributed by atoms with Crippen LogP contribution in [-0.4, -0.2) is 18.5 Å². The van der Waals surface area contributed by atoms with Gasteiger partial charge in [0.2, 0.25) is 0 Å². The molecule has 0 saturated carbocycles. The number of para-hydroxylation sites is 2. The van der Waals surface area contributed by atoms with E-state index >= 15 is 0 Å². The zero-order valence-electron chi connectivity index (χ0n) is 13.3. The second-order valence-electron chi connectivity index (χ2n) is 6.00. The van der Waals surface area contributed by atoms with E-state index in [1.807, 2.05) is 47.4 Å². The molecular weight excluding hydrogens is 308 g/mol. The first-order chi connectivity index (χ1) is 11.0. The van der Waals surface area contributed by atoms with Gasteiger partial charge in [-0.1, -0.05) is 30.7 Å². The molecule has 0 amide bonds. The Labute approximate surface area is 142 Å². The highest BCUT2D eigenvalue weighted by atomic mass is 35.5. The van der Waals surface area contributed by atoms with Gasteiger partial charge >= 0.3 is 0 Å². The Morgan fingerprint density at radius 3 is 2.35 bits per heavy atom. The van der Waals surface area contributed by atoms with Crippen LogP contribution in [0.2, 0.25) is 5.02 Å². The second-order valence-corrected chi connectivity index (χ2v) is 6.44. The summed E-state index contributed by atoms with van der Waals surface area (Å²) in [7, 11) is 0. The molecule has 1 heterocycles. The summed E-state index contributed by atoms with van der Waals surface area (Å²) < 4.78 is 0. The highest BCUT2D eigenvalue weighted by molar-refractivity contribution is 6.30. The maximum absolute atomic E-state index is 8.15. The number of hydrogen-bond donors (Lipinski definition) is 2. The van der Waals surface area contributed by atoms with Gasteiger partial charge in [-0.15, -0.1) is 0 Å². The summed E-state index contributed by atoms with van der Waals surface area (Å²) in [5, 5.41) is 8.87. The normalized spacial score (nSPS) is 20.9. The van der Waals surface area contributed by atoms with Gasteiger partial charge in [0.25, 0.3) is 0 Å². The van der Waals surface area contributed by atoms with Crippen molar-refractivity contribution in [1.82, 2.24) is 0 Å². The number of anilines is 3. The van der Waals surface area contributed by atoms with Gasteiger partial charge in [0.05, 0.1) is 23.4 Å². The first-order valence-corrected chi connectivity index (χ1v) is 8.09. The van der Waals surface area contributed by atoms with Gasteiger partial charge in [0, 0.05) is 23.2 Å². The van der Waals surface area contributed by atoms with Crippen LogP contribution in [0.25, 0.3) is 0 Å². The first kappa shape index (κ1) is 15.8. The van der Waals surface area contributed by atoms with Crippen LogP contribution in [-0.2, 0) is 0 Å². The van der Waals surface area contributed by atoms with E-state index in [0.29, 0.717) is 5.84 Å². The molecule has 0 spiro atoms. The molecule has 0 bridgehead atoms. The maximum atomic E-state index is 8.15. The van der Waals surface area contributed by atoms with E-state index in [2.05, 4.69) is 17.9 Å². The van der Waals surface area contributed by atoms with E-state index in [1.165, 1.54) is 0 Å². The number of rotatable bonds is 1. The topological polar surface area (TPSA) is 56.4 Å². The number of nitrogens with two attached hydrogens (primary N) is 1. The maximum Gasteiger partial charge on any atom is 0.0984 e. The molecule has 2 aromatic rings. The standard InChI is InChI=1S/C18H21ClN4/c1-12-11-22(15-9-7-14(19)8-10-15)16-5-3-4-6-17(16)23(13(2)20)18(12)21/h3-10,12,18,20H,11,21H2,1-2H3. The summed E-state index contributed by atoms with van der Waals surface area (Å²) >= 11 is 6.02. The van der Waals surface area contributed by atoms with Gasteiger partial charge in [-0.05, 0) is 43.3 Å². The van der Waals surface area contributed by atoms with Crippen molar-refractivity contribution in [3.05, 3.63) is 53.6 Å². The molecule has 0 aliphatic carbocycles. The van der Waals surface area contributed by atoms with Crippen LogP contribution in [0.3, 0.4) is 0 Å². The van der Waals surface area contributed by atoms with Crippen LogP contribution in [0, 0.1) is 11.3 Å². The van der Waals surface area contributed by atoms with E-state index in [0.717, 1.165) is 28.6 Å². The van der Waals surface area contributed by atoms with Crippen LogP contribution in [0.5, 0.6) is 0 Å². The predicted octanol–water partition coefficient (Wildman–Crippen LogP) is 4.22. The fraction of sp³-hybridized carbons (Fsp3) is 0.278. The molecule has 2 atom stereocenters. The minimum Gasteiger partial charge on any atom is -0.339 e. The smallest absolute Gasteiger partial charge is 0.0984 e. The second kappa shape index (κ2) is 6.22. The van der Waals surface area contributed by atoms with Crippen LogP contribution < -0.4 is 15.5 Å². The Balaban J connectivity index is 2.15. The van der Waals surface area contributed by atoms with Crippen molar-refractivity contribution in [2.24, 2.45) is 11.7 Å².